The number of pyridine rings is 1. The third kappa shape index (κ3) is 5.04. The van der Waals surface area contributed by atoms with E-state index in [2.05, 4.69) is 15.2 Å². The van der Waals surface area contributed by atoms with Crippen LogP contribution in [0, 0.1) is 13.8 Å². The van der Waals surface area contributed by atoms with Crippen molar-refractivity contribution in [3.05, 3.63) is 78.0 Å². The van der Waals surface area contributed by atoms with Crippen LogP contribution in [0.25, 0.3) is 0 Å². The first kappa shape index (κ1) is 22.7. The predicted octanol–water partition coefficient (Wildman–Crippen LogP) is 3.22. The number of aryl methyl sites for hydroxylation is 2. The Hall–Kier alpha value is -2.95. The van der Waals surface area contributed by atoms with Crippen LogP contribution in [0.15, 0.2) is 76.7 Å². The van der Waals surface area contributed by atoms with Gasteiger partial charge >= 0.3 is 0 Å². The van der Waals surface area contributed by atoms with Crippen LogP contribution in [0.3, 0.4) is 0 Å². The first-order chi connectivity index (χ1) is 14.6. The molecule has 0 atom stereocenters. The topological polar surface area (TPSA) is 108 Å². The van der Waals surface area contributed by atoms with E-state index in [1.807, 2.05) is 19.9 Å². The van der Waals surface area contributed by atoms with Gasteiger partial charge in [0.25, 0.3) is 20.0 Å². The number of nitrogens with one attached hydrogen (secondary N) is 2. The maximum absolute atomic E-state index is 13.0. The first-order valence-corrected chi connectivity index (χ1v) is 12.5. The van der Waals surface area contributed by atoms with Crippen LogP contribution in [0.4, 0.5) is 11.5 Å². The van der Waals surface area contributed by atoms with Gasteiger partial charge < -0.3 is 0 Å². The summed E-state index contributed by atoms with van der Waals surface area (Å²) < 4.78 is 52.2. The lowest BCUT2D eigenvalue weighted by Crippen LogP contribution is -2.31. The molecule has 0 saturated carbocycles. The minimum atomic E-state index is -3.82. The fourth-order valence-corrected chi connectivity index (χ4v) is 5.23. The molecule has 31 heavy (non-hydrogen) atoms. The second kappa shape index (κ2) is 9.04. The van der Waals surface area contributed by atoms with E-state index in [0.29, 0.717) is 5.69 Å². The summed E-state index contributed by atoms with van der Waals surface area (Å²) in [6, 6.07) is 16.4. The van der Waals surface area contributed by atoms with Gasteiger partial charge in [0.05, 0.1) is 10.6 Å². The number of hydrazine groups is 1. The van der Waals surface area contributed by atoms with E-state index in [1.54, 1.807) is 43.3 Å². The number of aromatic nitrogens is 1. The molecule has 1 aromatic heterocycles. The largest absolute Gasteiger partial charge is 0.292 e. The van der Waals surface area contributed by atoms with Gasteiger partial charge in [-0.3, -0.25) is 9.73 Å². The van der Waals surface area contributed by atoms with Crippen molar-refractivity contribution in [2.45, 2.75) is 30.6 Å². The summed E-state index contributed by atoms with van der Waals surface area (Å²) in [6.07, 6.45) is 1.19. The Labute approximate surface area is 183 Å². The monoisotopic (exact) mass is 460 g/mol. The third-order valence-electron chi connectivity index (χ3n) is 4.76. The fourth-order valence-electron chi connectivity index (χ4n) is 2.88. The smallest absolute Gasteiger partial charge is 0.265 e. The highest BCUT2D eigenvalue weighted by molar-refractivity contribution is 7.92. The molecule has 8 nitrogen and oxygen atoms in total. The van der Waals surface area contributed by atoms with Crippen molar-refractivity contribution in [2.75, 3.05) is 16.3 Å². The van der Waals surface area contributed by atoms with Crippen LogP contribution in [-0.2, 0) is 20.0 Å². The quantitative estimate of drug-likeness (QED) is 0.500. The Morgan fingerprint density at radius 1 is 0.871 bits per heavy atom. The molecule has 0 spiro atoms. The number of hydrogen-bond donors (Lipinski definition) is 2. The number of para-hydroxylation sites is 1. The van der Waals surface area contributed by atoms with E-state index >= 15 is 0 Å². The molecule has 0 saturated heterocycles. The van der Waals surface area contributed by atoms with Crippen molar-refractivity contribution in [1.29, 1.82) is 0 Å². The Morgan fingerprint density at radius 2 is 1.55 bits per heavy atom. The summed E-state index contributed by atoms with van der Waals surface area (Å²) in [6.45, 7) is 5.73. The van der Waals surface area contributed by atoms with Crippen LogP contribution >= 0.6 is 0 Å². The van der Waals surface area contributed by atoms with Crippen molar-refractivity contribution in [3.8, 4) is 0 Å². The molecular formula is C21H24N4O4S2. The molecule has 164 valence electrons. The fraction of sp³-hybridized carbons (Fsp3) is 0.190. The summed E-state index contributed by atoms with van der Waals surface area (Å²) in [4.78, 5) is 6.41. The Morgan fingerprint density at radius 3 is 2.13 bits per heavy atom. The summed E-state index contributed by atoms with van der Waals surface area (Å²) in [5.74, 6) is 0.161. The molecule has 1 heterocycles. The zero-order valence-corrected chi connectivity index (χ0v) is 19.0. The highest BCUT2D eigenvalue weighted by atomic mass is 32.2. The van der Waals surface area contributed by atoms with Crippen molar-refractivity contribution in [2.24, 2.45) is 0 Å². The van der Waals surface area contributed by atoms with Crippen molar-refractivity contribution >= 4 is 31.6 Å². The lowest BCUT2D eigenvalue weighted by atomic mass is 10.1. The van der Waals surface area contributed by atoms with Crippen LogP contribution in [-0.4, -0.2) is 28.4 Å². The molecule has 0 amide bonds. The van der Waals surface area contributed by atoms with Gasteiger partial charge in [-0.2, -0.15) is 0 Å². The average Bonchev–Trinajstić information content (AvgIpc) is 2.75. The van der Waals surface area contributed by atoms with Gasteiger partial charge in [-0.1, -0.05) is 24.3 Å². The number of nitrogens with zero attached hydrogens (tertiary/aromatic N) is 2. The Bertz CT molecular complexity index is 1260. The molecule has 0 bridgehead atoms. The molecule has 0 aliphatic rings. The van der Waals surface area contributed by atoms with Crippen molar-refractivity contribution in [3.63, 3.8) is 0 Å². The van der Waals surface area contributed by atoms with E-state index in [1.165, 1.54) is 28.7 Å². The van der Waals surface area contributed by atoms with Gasteiger partial charge in [0.15, 0.2) is 0 Å². The molecule has 10 heteroatoms. The van der Waals surface area contributed by atoms with E-state index in [4.69, 9.17) is 0 Å². The van der Waals surface area contributed by atoms with Crippen molar-refractivity contribution in [1.82, 2.24) is 9.82 Å². The average molecular weight is 461 g/mol. The van der Waals surface area contributed by atoms with Gasteiger partial charge in [0.2, 0.25) is 0 Å². The molecular weight excluding hydrogens is 436 g/mol. The second-order valence-corrected chi connectivity index (χ2v) is 10.4. The second-order valence-electron chi connectivity index (χ2n) is 6.86. The summed E-state index contributed by atoms with van der Waals surface area (Å²) in [5.41, 5.74) is 4.91. The van der Waals surface area contributed by atoms with Crippen LogP contribution < -0.4 is 14.6 Å². The van der Waals surface area contributed by atoms with Crippen LogP contribution in [0.2, 0.25) is 0 Å². The Kier molecular flexibility index (Phi) is 6.63. The lowest BCUT2D eigenvalue weighted by molar-refractivity contribution is 0.586. The van der Waals surface area contributed by atoms with Crippen LogP contribution in [0.1, 0.15) is 18.1 Å². The van der Waals surface area contributed by atoms with E-state index < -0.39 is 20.0 Å². The molecule has 2 N–H and O–H groups in total. The maximum atomic E-state index is 13.0. The minimum absolute atomic E-state index is 0.000713. The number of rotatable bonds is 8. The number of hydrogen-bond acceptors (Lipinski definition) is 6. The molecule has 0 aliphatic carbocycles. The molecule has 0 unspecified atom stereocenters. The lowest BCUT2D eigenvalue weighted by Gasteiger charge is -2.22. The minimum Gasteiger partial charge on any atom is -0.292 e. The SMILES string of the molecule is CCN(c1ccccc1)S(=O)(=O)c1ccc(NNS(=O)(=O)c2ccc(C)c(C)c2)nc1. The summed E-state index contributed by atoms with van der Waals surface area (Å²) in [7, 11) is -7.63. The maximum Gasteiger partial charge on any atom is 0.265 e. The van der Waals surface area contributed by atoms with Gasteiger partial charge in [-0.15, -0.1) is 4.83 Å². The normalized spacial score (nSPS) is 11.8. The van der Waals surface area contributed by atoms with Gasteiger partial charge in [0.1, 0.15) is 10.7 Å². The number of benzene rings is 2. The van der Waals surface area contributed by atoms with Crippen LogP contribution in [0.5, 0.6) is 0 Å². The van der Waals surface area contributed by atoms with E-state index in [9.17, 15) is 16.8 Å². The van der Waals surface area contributed by atoms with Gasteiger partial charge in [-0.25, -0.2) is 21.8 Å². The van der Waals surface area contributed by atoms with E-state index in [0.717, 1.165) is 11.1 Å². The highest BCUT2D eigenvalue weighted by Crippen LogP contribution is 2.23. The highest BCUT2D eigenvalue weighted by Gasteiger charge is 2.24. The van der Waals surface area contributed by atoms with Gasteiger partial charge in [0, 0.05) is 12.7 Å². The summed E-state index contributed by atoms with van der Waals surface area (Å²) >= 11 is 0. The molecule has 3 aromatic rings. The first-order valence-electron chi connectivity index (χ1n) is 9.54. The molecule has 0 radical (unpaired) electrons. The predicted molar refractivity (Wildman–Crippen MR) is 121 cm³/mol. The molecule has 3 rings (SSSR count). The Balaban J connectivity index is 1.76. The van der Waals surface area contributed by atoms with E-state index in [-0.39, 0.29) is 22.2 Å². The summed E-state index contributed by atoms with van der Waals surface area (Å²) in [5, 5.41) is 0. The van der Waals surface area contributed by atoms with Crippen molar-refractivity contribution < 1.29 is 16.8 Å². The zero-order valence-electron chi connectivity index (χ0n) is 17.4. The molecule has 0 aliphatic heterocycles. The molecule has 0 fully saturated rings. The number of anilines is 2. The zero-order chi connectivity index (χ0) is 22.6. The van der Waals surface area contributed by atoms with Gasteiger partial charge in [-0.05, 0) is 68.3 Å². The number of sulfonamides is 2. The third-order valence-corrected chi connectivity index (χ3v) is 7.89. The standard InChI is InChI=1S/C21H24N4O4S2/c1-4-25(18-8-6-5-7-9-18)31(28,29)20-12-13-21(22-15-20)23-24-30(26,27)19-11-10-16(2)17(3)14-19/h5-15,24H,4H2,1-3H3,(H,22,23). The molecule has 2 aromatic carbocycles.